The number of unbranched alkanes of at least 4 members (excludes halogenated alkanes) is 12. The number of rotatable bonds is 15. The molecular weight excluding hydrogens is 337 g/mol. The third kappa shape index (κ3) is 14.2. The minimum Gasteiger partial charge on any atom is -0.392 e. The standard InChI is InChI=1S/C21H39NO3.Na/c1-2-3-4-5-6-7-8-9-10-11-12-13-14-17-20(23)25-21(24)19-16-15-18-22-19;/h19,22H,2-18H2,1H3;/t19-;/m0./s1. The van der Waals surface area contributed by atoms with Gasteiger partial charge in [-0.3, -0.25) is 4.79 Å². The van der Waals surface area contributed by atoms with Gasteiger partial charge in [-0.25, -0.2) is 4.79 Å². The van der Waals surface area contributed by atoms with E-state index in [4.69, 9.17) is 4.74 Å². The molecule has 0 aromatic carbocycles. The van der Waals surface area contributed by atoms with Crippen LogP contribution in [0.3, 0.4) is 0 Å². The number of ether oxygens (including phenoxy) is 1. The molecule has 1 aliphatic rings. The molecule has 1 heterocycles. The van der Waals surface area contributed by atoms with Gasteiger partial charge < -0.3 is 10.1 Å². The van der Waals surface area contributed by atoms with E-state index in [1.54, 1.807) is 0 Å². The molecule has 0 aromatic rings. The van der Waals surface area contributed by atoms with Crippen molar-refractivity contribution in [3.8, 4) is 0 Å². The third-order valence-electron chi connectivity index (χ3n) is 5.04. The van der Waals surface area contributed by atoms with E-state index in [9.17, 15) is 9.59 Å². The zero-order chi connectivity index (χ0) is 18.2. The van der Waals surface area contributed by atoms with Gasteiger partial charge in [-0.05, 0) is 25.8 Å². The van der Waals surface area contributed by atoms with E-state index < -0.39 is 5.97 Å². The number of hydrogen-bond donors (Lipinski definition) is 1. The van der Waals surface area contributed by atoms with E-state index in [0.29, 0.717) is 6.42 Å². The third-order valence-corrected chi connectivity index (χ3v) is 5.04. The molecule has 1 N–H and O–H groups in total. The molecule has 1 radical (unpaired) electrons. The quantitative estimate of drug-likeness (QED) is 0.191. The average Bonchev–Trinajstić information content (AvgIpc) is 3.13. The van der Waals surface area contributed by atoms with Gasteiger partial charge in [0.2, 0.25) is 0 Å². The van der Waals surface area contributed by atoms with Gasteiger partial charge in [-0.2, -0.15) is 0 Å². The Hall–Kier alpha value is 0.1000. The summed E-state index contributed by atoms with van der Waals surface area (Å²) in [6.07, 6.45) is 18.8. The predicted octanol–water partition coefficient (Wildman–Crippen LogP) is 4.91. The fraction of sp³-hybridized carbons (Fsp3) is 0.905. The maximum Gasteiger partial charge on any atom is 0.330 e. The van der Waals surface area contributed by atoms with E-state index in [0.717, 1.165) is 32.2 Å². The van der Waals surface area contributed by atoms with Crippen LogP contribution in [0.1, 0.15) is 110 Å². The van der Waals surface area contributed by atoms with Gasteiger partial charge in [0.05, 0.1) is 0 Å². The maximum absolute atomic E-state index is 11.7. The molecule has 5 heteroatoms. The molecule has 0 unspecified atom stereocenters. The summed E-state index contributed by atoms with van der Waals surface area (Å²) in [4.78, 5) is 23.3. The van der Waals surface area contributed by atoms with E-state index in [-0.39, 0.29) is 41.6 Å². The Morgan fingerprint density at radius 3 is 1.81 bits per heavy atom. The normalized spacial score (nSPS) is 16.3. The smallest absolute Gasteiger partial charge is 0.330 e. The second-order valence-corrected chi connectivity index (χ2v) is 7.43. The van der Waals surface area contributed by atoms with Crippen molar-refractivity contribution in [2.24, 2.45) is 0 Å². The van der Waals surface area contributed by atoms with Crippen molar-refractivity contribution >= 4 is 41.5 Å². The van der Waals surface area contributed by atoms with Gasteiger partial charge in [0, 0.05) is 36.0 Å². The van der Waals surface area contributed by atoms with Crippen molar-refractivity contribution in [2.45, 2.75) is 116 Å². The van der Waals surface area contributed by atoms with Crippen molar-refractivity contribution in [2.75, 3.05) is 6.54 Å². The minimum absolute atomic E-state index is 0. The van der Waals surface area contributed by atoms with Gasteiger partial charge in [-0.15, -0.1) is 0 Å². The Balaban J connectivity index is 0.00000625. The summed E-state index contributed by atoms with van der Waals surface area (Å²) in [5.74, 6) is -0.751. The summed E-state index contributed by atoms with van der Waals surface area (Å²) >= 11 is 0. The SMILES string of the molecule is CCCCCCCCCCCCCCCC(=O)OC(=O)[C@@H]1CCCN1.[Na]. The number of hydrogen-bond acceptors (Lipinski definition) is 4. The van der Waals surface area contributed by atoms with E-state index >= 15 is 0 Å². The largest absolute Gasteiger partial charge is 0.392 e. The minimum atomic E-state index is -0.391. The summed E-state index contributed by atoms with van der Waals surface area (Å²) in [5, 5.41) is 3.05. The molecule has 147 valence electrons. The molecule has 1 saturated heterocycles. The fourth-order valence-corrected chi connectivity index (χ4v) is 3.41. The van der Waals surface area contributed by atoms with Gasteiger partial charge in [-0.1, -0.05) is 84.0 Å². The molecular formula is C21H39NNaO3. The number of carbonyl (C=O) groups is 2. The van der Waals surface area contributed by atoms with E-state index in [1.807, 2.05) is 0 Å². The topological polar surface area (TPSA) is 55.4 Å². The van der Waals surface area contributed by atoms with Crippen LogP contribution in [-0.2, 0) is 14.3 Å². The molecule has 0 saturated carbocycles. The van der Waals surface area contributed by atoms with Gasteiger partial charge in [0.15, 0.2) is 0 Å². The maximum atomic E-state index is 11.7. The van der Waals surface area contributed by atoms with Crippen molar-refractivity contribution in [3.05, 3.63) is 0 Å². The molecule has 0 aliphatic carbocycles. The summed E-state index contributed by atoms with van der Waals surface area (Å²) in [6.45, 7) is 3.10. The molecule has 0 spiro atoms. The zero-order valence-corrected chi connectivity index (χ0v) is 19.3. The molecule has 4 nitrogen and oxygen atoms in total. The Labute approximate surface area is 182 Å². The molecule has 1 atom stereocenters. The molecule has 26 heavy (non-hydrogen) atoms. The molecule has 0 amide bonds. The van der Waals surface area contributed by atoms with Crippen LogP contribution in [0.5, 0.6) is 0 Å². The average molecular weight is 377 g/mol. The number of esters is 2. The summed E-state index contributed by atoms with van der Waals surface area (Å²) in [5.41, 5.74) is 0. The molecule has 0 bridgehead atoms. The first kappa shape index (κ1) is 26.1. The monoisotopic (exact) mass is 376 g/mol. The van der Waals surface area contributed by atoms with Crippen molar-refractivity contribution in [1.82, 2.24) is 5.32 Å². The zero-order valence-electron chi connectivity index (χ0n) is 17.3. The van der Waals surface area contributed by atoms with E-state index in [2.05, 4.69) is 12.2 Å². The van der Waals surface area contributed by atoms with Crippen molar-refractivity contribution in [3.63, 3.8) is 0 Å². The second-order valence-electron chi connectivity index (χ2n) is 7.43. The summed E-state index contributed by atoms with van der Waals surface area (Å²) in [6, 6.07) is -0.268. The Morgan fingerprint density at radius 2 is 1.35 bits per heavy atom. The summed E-state index contributed by atoms with van der Waals surface area (Å²) in [7, 11) is 0. The van der Waals surface area contributed by atoms with Crippen LogP contribution >= 0.6 is 0 Å². The van der Waals surface area contributed by atoms with Crippen LogP contribution in [0.2, 0.25) is 0 Å². The second kappa shape index (κ2) is 18.5. The van der Waals surface area contributed by atoms with Crippen LogP contribution in [0.4, 0.5) is 0 Å². The first-order valence-electron chi connectivity index (χ1n) is 10.7. The van der Waals surface area contributed by atoms with Crippen LogP contribution in [0.15, 0.2) is 0 Å². The number of nitrogens with one attached hydrogen (secondary N) is 1. The molecule has 1 fully saturated rings. The first-order chi connectivity index (χ1) is 12.2. The van der Waals surface area contributed by atoms with Crippen LogP contribution < -0.4 is 5.32 Å². The van der Waals surface area contributed by atoms with E-state index in [1.165, 1.54) is 70.6 Å². The Kier molecular flexibility index (Phi) is 18.5. The summed E-state index contributed by atoms with van der Waals surface area (Å²) < 4.78 is 4.90. The predicted molar refractivity (Wildman–Crippen MR) is 108 cm³/mol. The Bertz CT molecular complexity index is 357. The van der Waals surface area contributed by atoms with Gasteiger partial charge in [0.1, 0.15) is 6.04 Å². The van der Waals surface area contributed by atoms with Gasteiger partial charge in [0.25, 0.3) is 0 Å². The Morgan fingerprint density at radius 1 is 0.846 bits per heavy atom. The molecule has 0 aromatic heterocycles. The number of carbonyl (C=O) groups excluding carboxylic acids is 2. The van der Waals surface area contributed by atoms with Crippen molar-refractivity contribution < 1.29 is 14.3 Å². The van der Waals surface area contributed by atoms with Crippen molar-refractivity contribution in [1.29, 1.82) is 0 Å². The van der Waals surface area contributed by atoms with Gasteiger partial charge >= 0.3 is 11.9 Å². The van der Waals surface area contributed by atoms with Crippen LogP contribution in [0.25, 0.3) is 0 Å². The molecule has 1 aliphatic heterocycles. The first-order valence-corrected chi connectivity index (χ1v) is 10.7. The van der Waals surface area contributed by atoms with Crippen LogP contribution in [0, 0.1) is 0 Å². The molecule has 1 rings (SSSR count). The fourth-order valence-electron chi connectivity index (χ4n) is 3.41. The van der Waals surface area contributed by atoms with Crippen LogP contribution in [-0.4, -0.2) is 54.1 Å².